The number of carbonyl (C=O) groups is 1. The van der Waals surface area contributed by atoms with Gasteiger partial charge in [0.05, 0.1) is 18.5 Å². The van der Waals surface area contributed by atoms with Gasteiger partial charge in [-0.05, 0) is 55.0 Å². The first kappa shape index (κ1) is 24.7. The third-order valence-electron chi connectivity index (χ3n) is 5.13. The van der Waals surface area contributed by atoms with Gasteiger partial charge in [-0.25, -0.2) is 8.42 Å². The minimum atomic E-state index is -3.66. The van der Waals surface area contributed by atoms with Crippen LogP contribution in [0.1, 0.15) is 49.8 Å². The van der Waals surface area contributed by atoms with Crippen LogP contribution in [0.3, 0.4) is 0 Å². The number of nitrogens with zero attached hydrogens (tertiary/aromatic N) is 1. The first-order valence-corrected chi connectivity index (χ1v) is 12.5. The molecule has 2 rings (SSSR count). The SMILES string of the molecule is CC[C@H](C(=O)NCCOc1ccccc1C(C)C)N(c1cc(C)ccc1C)S(C)(=O)=O. The van der Waals surface area contributed by atoms with Crippen molar-refractivity contribution in [1.82, 2.24) is 5.32 Å². The first-order chi connectivity index (χ1) is 14.6. The van der Waals surface area contributed by atoms with Crippen LogP contribution in [-0.4, -0.2) is 39.8 Å². The van der Waals surface area contributed by atoms with Crippen molar-refractivity contribution in [3.8, 4) is 5.75 Å². The lowest BCUT2D eigenvalue weighted by Crippen LogP contribution is -2.50. The van der Waals surface area contributed by atoms with Gasteiger partial charge in [0.2, 0.25) is 15.9 Å². The van der Waals surface area contributed by atoms with E-state index in [2.05, 4.69) is 19.2 Å². The molecule has 31 heavy (non-hydrogen) atoms. The summed E-state index contributed by atoms with van der Waals surface area (Å²) in [6.45, 7) is 10.3. The molecule has 2 aromatic rings. The highest BCUT2D eigenvalue weighted by Crippen LogP contribution is 2.28. The molecule has 0 spiro atoms. The zero-order valence-corrected chi connectivity index (χ0v) is 20.1. The molecular weight excluding hydrogens is 412 g/mol. The molecule has 0 radical (unpaired) electrons. The maximum absolute atomic E-state index is 12.9. The van der Waals surface area contributed by atoms with Crippen molar-refractivity contribution >= 4 is 21.6 Å². The number of ether oxygens (including phenoxy) is 1. The molecule has 6 nitrogen and oxygen atoms in total. The topological polar surface area (TPSA) is 75.7 Å². The van der Waals surface area contributed by atoms with Crippen LogP contribution in [0.15, 0.2) is 42.5 Å². The molecule has 0 saturated heterocycles. The maximum atomic E-state index is 12.9. The number of anilines is 1. The van der Waals surface area contributed by atoms with Crippen molar-refractivity contribution in [2.45, 2.75) is 53.0 Å². The standard InChI is InChI=1S/C24H34N2O4S/c1-7-21(26(31(6,28)29)22-16-18(4)12-13-19(22)5)24(27)25-14-15-30-23-11-9-8-10-20(23)17(2)3/h8-13,16-17,21H,7,14-15H2,1-6H3,(H,25,27)/t21-/m1/s1. The molecule has 0 heterocycles. The van der Waals surface area contributed by atoms with Gasteiger partial charge in [0, 0.05) is 0 Å². The Bertz CT molecular complexity index is 1000. The Kier molecular flexibility index (Phi) is 8.51. The van der Waals surface area contributed by atoms with Crippen LogP contribution in [0, 0.1) is 13.8 Å². The summed E-state index contributed by atoms with van der Waals surface area (Å²) in [4.78, 5) is 12.9. The number of hydrogen-bond acceptors (Lipinski definition) is 4. The minimum absolute atomic E-state index is 0.284. The molecule has 0 aliphatic rings. The highest BCUT2D eigenvalue weighted by molar-refractivity contribution is 7.92. The minimum Gasteiger partial charge on any atom is -0.491 e. The van der Waals surface area contributed by atoms with E-state index in [1.165, 1.54) is 4.31 Å². The summed E-state index contributed by atoms with van der Waals surface area (Å²) in [5, 5.41) is 2.84. The average Bonchev–Trinajstić information content (AvgIpc) is 2.70. The maximum Gasteiger partial charge on any atom is 0.244 e. The smallest absolute Gasteiger partial charge is 0.244 e. The number of amides is 1. The Labute approximate surface area is 186 Å². The van der Waals surface area contributed by atoms with Gasteiger partial charge in [0.25, 0.3) is 0 Å². The van der Waals surface area contributed by atoms with Crippen LogP contribution < -0.4 is 14.4 Å². The number of carbonyl (C=O) groups excluding carboxylic acids is 1. The van der Waals surface area contributed by atoms with Gasteiger partial charge in [-0.3, -0.25) is 9.10 Å². The summed E-state index contributed by atoms with van der Waals surface area (Å²) in [6, 6.07) is 12.6. The number of hydrogen-bond donors (Lipinski definition) is 1. The monoisotopic (exact) mass is 446 g/mol. The van der Waals surface area contributed by atoms with Crippen molar-refractivity contribution in [1.29, 1.82) is 0 Å². The van der Waals surface area contributed by atoms with Crippen molar-refractivity contribution in [3.63, 3.8) is 0 Å². The molecule has 0 unspecified atom stereocenters. The largest absolute Gasteiger partial charge is 0.491 e. The zero-order valence-electron chi connectivity index (χ0n) is 19.3. The van der Waals surface area contributed by atoms with E-state index in [1.807, 2.05) is 57.2 Å². The second-order valence-electron chi connectivity index (χ2n) is 8.10. The third-order valence-corrected chi connectivity index (χ3v) is 6.30. The molecule has 0 aliphatic carbocycles. The van der Waals surface area contributed by atoms with E-state index >= 15 is 0 Å². The molecule has 1 atom stereocenters. The van der Waals surface area contributed by atoms with Crippen molar-refractivity contribution in [2.75, 3.05) is 23.7 Å². The fourth-order valence-electron chi connectivity index (χ4n) is 3.53. The van der Waals surface area contributed by atoms with Gasteiger partial charge in [-0.1, -0.05) is 51.1 Å². The third kappa shape index (κ3) is 6.47. The number of rotatable bonds is 10. The number of aryl methyl sites for hydroxylation is 2. The van der Waals surface area contributed by atoms with E-state index in [9.17, 15) is 13.2 Å². The van der Waals surface area contributed by atoms with Crippen LogP contribution in [0.4, 0.5) is 5.69 Å². The summed E-state index contributed by atoms with van der Waals surface area (Å²) in [5.41, 5.74) is 3.38. The summed E-state index contributed by atoms with van der Waals surface area (Å²) >= 11 is 0. The summed E-state index contributed by atoms with van der Waals surface area (Å²) in [6.07, 6.45) is 1.49. The lowest BCUT2D eigenvalue weighted by Gasteiger charge is -2.31. The predicted molar refractivity (Wildman–Crippen MR) is 126 cm³/mol. The highest BCUT2D eigenvalue weighted by atomic mass is 32.2. The first-order valence-electron chi connectivity index (χ1n) is 10.6. The van der Waals surface area contributed by atoms with Crippen LogP contribution in [0.25, 0.3) is 0 Å². The summed E-state index contributed by atoms with van der Waals surface area (Å²) < 4.78 is 32.4. The number of nitrogens with one attached hydrogen (secondary N) is 1. The number of sulfonamides is 1. The van der Waals surface area contributed by atoms with E-state index in [4.69, 9.17) is 4.74 Å². The molecule has 170 valence electrons. The molecular formula is C24H34N2O4S. The Morgan fingerprint density at radius 2 is 1.81 bits per heavy atom. The van der Waals surface area contributed by atoms with Crippen LogP contribution in [-0.2, 0) is 14.8 Å². The molecule has 0 aliphatic heterocycles. The number of para-hydroxylation sites is 1. The Balaban J connectivity index is 2.12. The Morgan fingerprint density at radius 3 is 2.42 bits per heavy atom. The lowest BCUT2D eigenvalue weighted by atomic mass is 10.0. The van der Waals surface area contributed by atoms with Gasteiger partial charge in [0.1, 0.15) is 18.4 Å². The predicted octanol–water partition coefficient (Wildman–Crippen LogP) is 4.17. The van der Waals surface area contributed by atoms with Gasteiger partial charge >= 0.3 is 0 Å². The molecule has 2 aromatic carbocycles. The van der Waals surface area contributed by atoms with Crippen molar-refractivity contribution in [2.24, 2.45) is 0 Å². The van der Waals surface area contributed by atoms with Crippen LogP contribution in [0.2, 0.25) is 0 Å². The number of benzene rings is 2. The molecule has 0 fully saturated rings. The second kappa shape index (κ2) is 10.7. The van der Waals surface area contributed by atoms with Gasteiger partial charge in [-0.15, -0.1) is 0 Å². The van der Waals surface area contributed by atoms with Crippen molar-refractivity contribution < 1.29 is 17.9 Å². The highest BCUT2D eigenvalue weighted by Gasteiger charge is 2.32. The molecule has 0 saturated carbocycles. The van der Waals surface area contributed by atoms with E-state index in [1.54, 1.807) is 6.07 Å². The molecule has 7 heteroatoms. The molecule has 0 bridgehead atoms. The van der Waals surface area contributed by atoms with E-state index in [0.29, 0.717) is 24.6 Å². The Hall–Kier alpha value is -2.54. The van der Waals surface area contributed by atoms with Crippen LogP contribution >= 0.6 is 0 Å². The fraction of sp³-hybridized carbons (Fsp3) is 0.458. The summed E-state index contributed by atoms with van der Waals surface area (Å²) in [7, 11) is -3.66. The van der Waals surface area contributed by atoms with Gasteiger partial charge in [0.15, 0.2) is 0 Å². The fourth-order valence-corrected chi connectivity index (χ4v) is 4.80. The Morgan fingerprint density at radius 1 is 1.13 bits per heavy atom. The van der Waals surface area contributed by atoms with Gasteiger partial charge in [-0.2, -0.15) is 0 Å². The van der Waals surface area contributed by atoms with E-state index in [-0.39, 0.29) is 12.5 Å². The van der Waals surface area contributed by atoms with E-state index in [0.717, 1.165) is 28.7 Å². The average molecular weight is 447 g/mol. The normalized spacial score (nSPS) is 12.5. The summed E-state index contributed by atoms with van der Waals surface area (Å²) in [5.74, 6) is 0.790. The van der Waals surface area contributed by atoms with Crippen LogP contribution in [0.5, 0.6) is 5.75 Å². The van der Waals surface area contributed by atoms with Gasteiger partial charge < -0.3 is 10.1 Å². The molecule has 0 aromatic heterocycles. The second-order valence-corrected chi connectivity index (χ2v) is 9.96. The lowest BCUT2D eigenvalue weighted by molar-refractivity contribution is -0.122. The quantitative estimate of drug-likeness (QED) is 0.556. The van der Waals surface area contributed by atoms with E-state index < -0.39 is 16.1 Å². The van der Waals surface area contributed by atoms with Crippen molar-refractivity contribution in [3.05, 3.63) is 59.2 Å². The molecule has 1 N–H and O–H groups in total. The molecule has 1 amide bonds. The zero-order chi connectivity index (χ0) is 23.2.